The molecule has 1 saturated heterocycles. The molecule has 116 valence electrons. The van der Waals surface area contributed by atoms with Crippen LogP contribution in [0.1, 0.15) is 25.8 Å². The molecule has 0 spiro atoms. The zero-order valence-electron chi connectivity index (χ0n) is 12.7. The Balaban J connectivity index is 1.88. The summed E-state index contributed by atoms with van der Waals surface area (Å²) < 4.78 is 5.61. The van der Waals surface area contributed by atoms with Gasteiger partial charge in [-0.2, -0.15) is 0 Å². The van der Waals surface area contributed by atoms with E-state index in [1.54, 1.807) is 0 Å². The highest BCUT2D eigenvalue weighted by Crippen LogP contribution is 2.27. The molecule has 0 radical (unpaired) electrons. The minimum atomic E-state index is 0.0997. The van der Waals surface area contributed by atoms with E-state index < -0.39 is 0 Å². The van der Waals surface area contributed by atoms with Crippen molar-refractivity contribution in [3.63, 3.8) is 0 Å². The van der Waals surface area contributed by atoms with Crippen molar-refractivity contribution in [1.29, 1.82) is 0 Å². The fourth-order valence-electron chi connectivity index (χ4n) is 2.37. The molecule has 0 saturated carbocycles. The van der Waals surface area contributed by atoms with E-state index in [1.165, 1.54) is 0 Å². The Morgan fingerprint density at radius 1 is 1.38 bits per heavy atom. The number of rotatable bonds is 5. The third-order valence-electron chi connectivity index (χ3n) is 3.46. The maximum atomic E-state index is 12.1. The van der Waals surface area contributed by atoms with Crippen LogP contribution in [0, 0.1) is 0 Å². The lowest BCUT2D eigenvalue weighted by Crippen LogP contribution is -2.46. The summed E-state index contributed by atoms with van der Waals surface area (Å²) in [6.07, 6.45) is 1.34. The maximum Gasteiger partial charge on any atom is 0.222 e. The number of amides is 1. The number of carbonyl (C=O) groups is 1. The van der Waals surface area contributed by atoms with E-state index in [0.717, 1.165) is 31.7 Å². The number of nitrogens with one attached hydrogen (secondary N) is 1. The van der Waals surface area contributed by atoms with Crippen molar-refractivity contribution in [3.05, 3.63) is 28.8 Å². The van der Waals surface area contributed by atoms with E-state index in [-0.39, 0.29) is 12.0 Å². The Morgan fingerprint density at radius 2 is 2.10 bits per heavy atom. The van der Waals surface area contributed by atoms with Crippen LogP contribution in [0.4, 0.5) is 0 Å². The van der Waals surface area contributed by atoms with Crippen LogP contribution in [0.2, 0.25) is 5.02 Å². The summed E-state index contributed by atoms with van der Waals surface area (Å²) in [6.45, 7) is 7.33. The number of halogens is 1. The van der Waals surface area contributed by atoms with E-state index in [1.807, 2.05) is 36.9 Å². The molecule has 0 aliphatic carbocycles. The Bertz CT molecular complexity index is 485. The second-order valence-corrected chi connectivity index (χ2v) is 5.97. The lowest BCUT2D eigenvalue weighted by atomic mass is 10.1. The van der Waals surface area contributed by atoms with Crippen LogP contribution in [0.25, 0.3) is 0 Å². The highest BCUT2D eigenvalue weighted by Gasteiger charge is 2.16. The van der Waals surface area contributed by atoms with Crippen LogP contribution in [-0.2, 0) is 11.2 Å². The third-order valence-corrected chi connectivity index (χ3v) is 3.75. The molecule has 1 heterocycles. The fraction of sp³-hybridized carbons (Fsp3) is 0.562. The van der Waals surface area contributed by atoms with Crippen molar-refractivity contribution >= 4 is 17.5 Å². The van der Waals surface area contributed by atoms with Gasteiger partial charge in [0, 0.05) is 32.6 Å². The lowest BCUT2D eigenvalue weighted by molar-refractivity contribution is -0.131. The molecule has 0 atom stereocenters. The molecule has 1 aromatic rings. The first-order chi connectivity index (χ1) is 10.1. The van der Waals surface area contributed by atoms with Gasteiger partial charge in [-0.1, -0.05) is 17.7 Å². The van der Waals surface area contributed by atoms with Gasteiger partial charge in [0.15, 0.2) is 0 Å². The van der Waals surface area contributed by atoms with Crippen LogP contribution < -0.4 is 10.1 Å². The molecule has 1 N–H and O–H groups in total. The van der Waals surface area contributed by atoms with Gasteiger partial charge in [-0.25, -0.2) is 0 Å². The van der Waals surface area contributed by atoms with Crippen LogP contribution in [0.15, 0.2) is 18.2 Å². The van der Waals surface area contributed by atoms with Gasteiger partial charge in [0.05, 0.1) is 11.1 Å². The number of aryl methyl sites for hydroxylation is 1. The fourth-order valence-corrected chi connectivity index (χ4v) is 2.62. The van der Waals surface area contributed by atoms with E-state index in [4.69, 9.17) is 16.3 Å². The van der Waals surface area contributed by atoms with Crippen LogP contribution >= 0.6 is 11.6 Å². The first-order valence-corrected chi connectivity index (χ1v) is 7.87. The quantitative estimate of drug-likeness (QED) is 0.908. The number of nitrogens with zero attached hydrogens (tertiary/aromatic N) is 1. The van der Waals surface area contributed by atoms with E-state index >= 15 is 0 Å². The molecule has 1 fully saturated rings. The topological polar surface area (TPSA) is 41.6 Å². The minimum Gasteiger partial charge on any atom is -0.489 e. The number of carbonyl (C=O) groups excluding carboxylic acids is 1. The highest BCUT2D eigenvalue weighted by molar-refractivity contribution is 6.32. The first kappa shape index (κ1) is 16.1. The molecular weight excluding hydrogens is 288 g/mol. The van der Waals surface area contributed by atoms with Crippen molar-refractivity contribution < 1.29 is 9.53 Å². The Labute approximate surface area is 131 Å². The van der Waals surface area contributed by atoms with Crippen molar-refractivity contribution in [3.8, 4) is 5.75 Å². The predicted molar refractivity (Wildman–Crippen MR) is 85.0 cm³/mol. The molecule has 1 aliphatic rings. The zero-order valence-corrected chi connectivity index (χ0v) is 13.4. The van der Waals surface area contributed by atoms with Crippen molar-refractivity contribution in [2.45, 2.75) is 32.8 Å². The monoisotopic (exact) mass is 310 g/mol. The van der Waals surface area contributed by atoms with Crippen LogP contribution in [-0.4, -0.2) is 43.1 Å². The maximum absolute atomic E-state index is 12.1. The molecule has 1 aliphatic heterocycles. The van der Waals surface area contributed by atoms with Crippen LogP contribution in [0.5, 0.6) is 5.75 Å². The van der Waals surface area contributed by atoms with Gasteiger partial charge < -0.3 is 15.0 Å². The molecule has 1 aromatic carbocycles. The zero-order chi connectivity index (χ0) is 15.2. The number of benzene rings is 1. The van der Waals surface area contributed by atoms with Crippen molar-refractivity contribution in [2.75, 3.05) is 26.2 Å². The molecule has 21 heavy (non-hydrogen) atoms. The summed E-state index contributed by atoms with van der Waals surface area (Å²) >= 11 is 6.21. The molecule has 2 rings (SSSR count). The summed E-state index contributed by atoms with van der Waals surface area (Å²) in [4.78, 5) is 14.0. The van der Waals surface area contributed by atoms with Gasteiger partial charge in [0.1, 0.15) is 5.75 Å². The standard InChI is InChI=1S/C16H23ClN2O2/c1-12(2)21-15-5-3-13(11-14(15)17)4-6-16(20)19-9-7-18-8-10-19/h3,5,11-12,18H,4,6-10H2,1-2H3. The molecule has 0 bridgehead atoms. The number of piperazine rings is 1. The molecule has 0 aromatic heterocycles. The average Bonchev–Trinajstić information content (AvgIpc) is 2.48. The molecule has 4 nitrogen and oxygen atoms in total. The Kier molecular flexibility index (Phi) is 5.88. The van der Waals surface area contributed by atoms with Gasteiger partial charge in [0.2, 0.25) is 5.91 Å². The number of ether oxygens (including phenoxy) is 1. The number of hydrogen-bond acceptors (Lipinski definition) is 3. The summed E-state index contributed by atoms with van der Waals surface area (Å²) in [5.41, 5.74) is 1.07. The van der Waals surface area contributed by atoms with E-state index in [2.05, 4.69) is 5.32 Å². The molecule has 0 unspecified atom stereocenters. The molecule has 1 amide bonds. The Hall–Kier alpha value is -1.26. The third kappa shape index (κ3) is 4.90. The second-order valence-electron chi connectivity index (χ2n) is 5.56. The summed E-state index contributed by atoms with van der Waals surface area (Å²) in [7, 11) is 0. The summed E-state index contributed by atoms with van der Waals surface area (Å²) in [6, 6.07) is 5.76. The Morgan fingerprint density at radius 3 is 2.71 bits per heavy atom. The van der Waals surface area contributed by atoms with Crippen molar-refractivity contribution in [1.82, 2.24) is 10.2 Å². The van der Waals surface area contributed by atoms with Gasteiger partial charge in [-0.3, -0.25) is 4.79 Å². The average molecular weight is 311 g/mol. The molecule has 5 heteroatoms. The van der Waals surface area contributed by atoms with Gasteiger partial charge in [-0.15, -0.1) is 0 Å². The molecular formula is C16H23ClN2O2. The van der Waals surface area contributed by atoms with Crippen molar-refractivity contribution in [2.24, 2.45) is 0 Å². The minimum absolute atomic E-state index is 0.0997. The summed E-state index contributed by atoms with van der Waals surface area (Å²) in [5.74, 6) is 0.916. The highest BCUT2D eigenvalue weighted by atomic mass is 35.5. The van der Waals surface area contributed by atoms with Crippen LogP contribution in [0.3, 0.4) is 0 Å². The normalized spacial score (nSPS) is 15.3. The van der Waals surface area contributed by atoms with Gasteiger partial charge in [0.25, 0.3) is 0 Å². The summed E-state index contributed by atoms with van der Waals surface area (Å²) in [5, 5.41) is 3.85. The number of hydrogen-bond donors (Lipinski definition) is 1. The second kappa shape index (κ2) is 7.66. The van der Waals surface area contributed by atoms with Gasteiger partial charge in [-0.05, 0) is 38.0 Å². The predicted octanol–water partition coefficient (Wildman–Crippen LogP) is 2.49. The van der Waals surface area contributed by atoms with E-state index in [9.17, 15) is 4.79 Å². The largest absolute Gasteiger partial charge is 0.489 e. The van der Waals surface area contributed by atoms with E-state index in [0.29, 0.717) is 23.6 Å². The van der Waals surface area contributed by atoms with Gasteiger partial charge >= 0.3 is 0 Å². The SMILES string of the molecule is CC(C)Oc1ccc(CCC(=O)N2CCNCC2)cc1Cl. The smallest absolute Gasteiger partial charge is 0.222 e. The first-order valence-electron chi connectivity index (χ1n) is 7.50. The lowest BCUT2D eigenvalue weighted by Gasteiger charge is -2.27.